The Morgan fingerprint density at radius 2 is 1.70 bits per heavy atom. The second kappa shape index (κ2) is 5.35. The van der Waals surface area contributed by atoms with E-state index in [0.717, 1.165) is 0 Å². The van der Waals surface area contributed by atoms with Crippen molar-refractivity contribution < 1.29 is 17.6 Å². The summed E-state index contributed by atoms with van der Waals surface area (Å²) in [4.78, 5) is 2.43. The summed E-state index contributed by atoms with van der Waals surface area (Å²) in [6.45, 7) is 0. The van der Waals surface area contributed by atoms with Crippen LogP contribution in [0.4, 0.5) is 28.9 Å². The second-order valence-electron chi connectivity index (χ2n) is 3.63. The number of hydrogen-bond acceptors (Lipinski definition) is 3. The summed E-state index contributed by atoms with van der Waals surface area (Å²) in [5, 5.41) is 10.7. The first-order valence-corrected chi connectivity index (χ1v) is 5.48. The van der Waals surface area contributed by atoms with Crippen LogP contribution in [0.3, 0.4) is 0 Å². The molecule has 0 bridgehead atoms. The van der Waals surface area contributed by atoms with E-state index in [-0.39, 0.29) is 16.3 Å². The van der Waals surface area contributed by atoms with Gasteiger partial charge in [0.2, 0.25) is 11.6 Å². The van der Waals surface area contributed by atoms with Gasteiger partial charge in [-0.2, -0.15) is 27.8 Å². The molecule has 2 aromatic rings. The lowest BCUT2D eigenvalue weighted by Gasteiger charge is -2.10. The number of nitriles is 1. The van der Waals surface area contributed by atoms with Crippen molar-refractivity contribution in [3.8, 4) is 6.07 Å². The molecule has 0 aliphatic heterocycles. The Bertz CT molecular complexity index is 701. The minimum absolute atomic E-state index is 0.0199. The molecule has 0 saturated heterocycles. The molecule has 0 aliphatic carbocycles. The van der Waals surface area contributed by atoms with E-state index >= 15 is 0 Å². The molecule has 1 N–H and O–H groups in total. The fourth-order valence-corrected chi connectivity index (χ4v) is 1.65. The van der Waals surface area contributed by atoms with Crippen molar-refractivity contribution in [1.82, 2.24) is 4.98 Å². The third-order valence-corrected chi connectivity index (χ3v) is 2.67. The summed E-state index contributed by atoms with van der Waals surface area (Å²) in [7, 11) is 0. The van der Waals surface area contributed by atoms with Gasteiger partial charge in [-0.15, -0.1) is 0 Å². The summed E-state index contributed by atoms with van der Waals surface area (Å²) < 4.78 is 52.7. The molecule has 102 valence electrons. The fraction of sp³-hybridized carbons (Fsp3) is 0. The van der Waals surface area contributed by atoms with Crippen LogP contribution in [0.2, 0.25) is 5.02 Å². The van der Waals surface area contributed by atoms with Crippen LogP contribution in [0.15, 0.2) is 18.2 Å². The maximum atomic E-state index is 13.4. The van der Waals surface area contributed by atoms with Crippen LogP contribution < -0.4 is 5.32 Å². The first kappa shape index (κ1) is 14.1. The quantitative estimate of drug-likeness (QED) is 0.676. The molecule has 0 aliphatic rings. The predicted molar refractivity (Wildman–Crippen MR) is 63.5 cm³/mol. The number of rotatable bonds is 2. The Labute approximate surface area is 115 Å². The van der Waals surface area contributed by atoms with E-state index in [1.807, 2.05) is 6.07 Å². The maximum Gasteiger partial charge on any atom is 0.253 e. The van der Waals surface area contributed by atoms with Gasteiger partial charge in [0, 0.05) is 0 Å². The minimum atomic E-state index is -1.78. The van der Waals surface area contributed by atoms with Crippen molar-refractivity contribution in [2.45, 2.75) is 0 Å². The molecule has 1 aromatic heterocycles. The standard InChI is InChI=1S/C12H4ClF4N3/c13-6-3-5(4-18)1-2-7(6)19-10-8(14)11(16)20-12(17)9(10)15/h1-3H,(H,19,20). The van der Waals surface area contributed by atoms with E-state index in [1.165, 1.54) is 18.2 Å². The van der Waals surface area contributed by atoms with Gasteiger partial charge < -0.3 is 5.32 Å². The summed E-state index contributed by atoms with van der Waals surface area (Å²) in [6.07, 6.45) is 0. The van der Waals surface area contributed by atoms with Crippen LogP contribution >= 0.6 is 11.6 Å². The highest BCUT2D eigenvalue weighted by Crippen LogP contribution is 2.30. The van der Waals surface area contributed by atoms with Crippen molar-refractivity contribution in [2.24, 2.45) is 0 Å². The average Bonchev–Trinajstić information content (AvgIpc) is 2.42. The lowest BCUT2D eigenvalue weighted by molar-refractivity contribution is 0.411. The lowest BCUT2D eigenvalue weighted by atomic mass is 10.2. The second-order valence-corrected chi connectivity index (χ2v) is 4.04. The van der Waals surface area contributed by atoms with Crippen LogP contribution in [-0.4, -0.2) is 4.98 Å². The number of pyridine rings is 1. The van der Waals surface area contributed by atoms with E-state index in [1.54, 1.807) is 0 Å². The zero-order chi connectivity index (χ0) is 14.9. The van der Waals surface area contributed by atoms with Crippen LogP contribution in [0.25, 0.3) is 0 Å². The van der Waals surface area contributed by atoms with Crippen LogP contribution in [0.1, 0.15) is 5.56 Å². The Balaban J connectivity index is 2.48. The summed E-state index contributed by atoms with van der Waals surface area (Å²) in [6, 6.07) is 5.60. The van der Waals surface area contributed by atoms with E-state index in [2.05, 4.69) is 10.3 Å². The van der Waals surface area contributed by atoms with Crippen molar-refractivity contribution in [1.29, 1.82) is 5.26 Å². The topological polar surface area (TPSA) is 48.7 Å². The number of benzene rings is 1. The van der Waals surface area contributed by atoms with Crippen LogP contribution in [0, 0.1) is 34.9 Å². The number of hydrogen-bond donors (Lipinski definition) is 1. The van der Waals surface area contributed by atoms with Gasteiger partial charge >= 0.3 is 0 Å². The van der Waals surface area contributed by atoms with Crippen molar-refractivity contribution in [2.75, 3.05) is 5.32 Å². The van der Waals surface area contributed by atoms with Gasteiger partial charge in [0.15, 0.2) is 0 Å². The third-order valence-electron chi connectivity index (χ3n) is 2.36. The van der Waals surface area contributed by atoms with Crippen LogP contribution in [0.5, 0.6) is 0 Å². The number of nitrogens with zero attached hydrogens (tertiary/aromatic N) is 2. The molecule has 1 aromatic carbocycles. The highest BCUT2D eigenvalue weighted by atomic mass is 35.5. The largest absolute Gasteiger partial charge is 0.349 e. The summed E-state index contributed by atoms with van der Waals surface area (Å²) in [5.41, 5.74) is -0.858. The molecule has 1 heterocycles. The van der Waals surface area contributed by atoms with Crippen LogP contribution in [-0.2, 0) is 0 Å². The van der Waals surface area contributed by atoms with Gasteiger partial charge in [-0.3, -0.25) is 0 Å². The van der Waals surface area contributed by atoms with E-state index in [4.69, 9.17) is 16.9 Å². The zero-order valence-electron chi connectivity index (χ0n) is 9.52. The summed E-state index contributed by atoms with van der Waals surface area (Å²) >= 11 is 5.78. The Morgan fingerprint density at radius 1 is 1.10 bits per heavy atom. The van der Waals surface area contributed by atoms with Gasteiger partial charge in [-0.25, -0.2) is 0 Å². The molecule has 0 atom stereocenters. The fourth-order valence-electron chi connectivity index (χ4n) is 1.42. The Kier molecular flexibility index (Phi) is 3.77. The number of anilines is 2. The molecule has 0 spiro atoms. The lowest BCUT2D eigenvalue weighted by Crippen LogP contribution is -2.06. The first-order valence-electron chi connectivity index (χ1n) is 5.10. The van der Waals surface area contributed by atoms with Crippen molar-refractivity contribution in [3.63, 3.8) is 0 Å². The molecule has 0 unspecified atom stereocenters. The van der Waals surface area contributed by atoms with Gasteiger partial charge in [-0.1, -0.05) is 11.6 Å². The molecule has 3 nitrogen and oxygen atoms in total. The normalized spacial score (nSPS) is 10.2. The zero-order valence-corrected chi connectivity index (χ0v) is 10.3. The first-order chi connectivity index (χ1) is 9.43. The molecule has 20 heavy (non-hydrogen) atoms. The highest BCUT2D eigenvalue weighted by molar-refractivity contribution is 6.33. The maximum absolute atomic E-state index is 13.4. The van der Waals surface area contributed by atoms with Crippen molar-refractivity contribution >= 4 is 23.0 Å². The molecule has 0 radical (unpaired) electrons. The SMILES string of the molecule is N#Cc1ccc(Nc2c(F)c(F)nc(F)c2F)c(Cl)c1. The predicted octanol–water partition coefficient (Wildman–Crippen LogP) is 3.91. The smallest absolute Gasteiger partial charge is 0.253 e. The van der Waals surface area contributed by atoms with Gasteiger partial charge in [0.1, 0.15) is 5.69 Å². The van der Waals surface area contributed by atoms with E-state index < -0.39 is 29.2 Å². The molecular weight excluding hydrogens is 298 g/mol. The molecule has 0 saturated carbocycles. The molecular formula is C12H4ClF4N3. The van der Waals surface area contributed by atoms with Gasteiger partial charge in [0.05, 0.1) is 22.3 Å². The Morgan fingerprint density at radius 3 is 2.20 bits per heavy atom. The molecule has 8 heteroatoms. The summed E-state index contributed by atoms with van der Waals surface area (Å²) in [5.74, 6) is -6.92. The van der Waals surface area contributed by atoms with Crippen molar-refractivity contribution in [3.05, 3.63) is 52.3 Å². The third kappa shape index (κ3) is 2.51. The van der Waals surface area contributed by atoms with Gasteiger partial charge in [-0.05, 0) is 18.2 Å². The van der Waals surface area contributed by atoms with E-state index in [0.29, 0.717) is 0 Å². The average molecular weight is 302 g/mol. The van der Waals surface area contributed by atoms with E-state index in [9.17, 15) is 17.6 Å². The number of aromatic nitrogens is 1. The van der Waals surface area contributed by atoms with Gasteiger partial charge in [0.25, 0.3) is 11.9 Å². The molecule has 0 fully saturated rings. The Hall–Kier alpha value is -2.33. The number of nitrogens with one attached hydrogen (secondary N) is 1. The highest BCUT2D eigenvalue weighted by Gasteiger charge is 2.21. The minimum Gasteiger partial charge on any atom is -0.349 e. The number of halogens is 5. The monoisotopic (exact) mass is 301 g/mol. The molecule has 0 amide bonds. The molecule has 2 rings (SSSR count).